The van der Waals surface area contributed by atoms with Gasteiger partial charge in [0, 0.05) is 25.6 Å². The molecule has 128 valence electrons. The number of hydrogen-bond acceptors (Lipinski definition) is 2. The van der Waals surface area contributed by atoms with Gasteiger partial charge in [0.2, 0.25) is 0 Å². The molecule has 25 heavy (non-hydrogen) atoms. The lowest BCUT2D eigenvalue weighted by molar-refractivity contribution is 0.201. The third-order valence-corrected chi connectivity index (χ3v) is 4.98. The Balaban J connectivity index is 1.48. The van der Waals surface area contributed by atoms with E-state index in [1.807, 2.05) is 31.3 Å². The van der Waals surface area contributed by atoms with Crippen LogP contribution in [0.2, 0.25) is 0 Å². The first kappa shape index (κ1) is 15.8. The molecule has 0 spiro atoms. The molecule has 2 amide bonds. The van der Waals surface area contributed by atoms with E-state index < -0.39 is 0 Å². The first-order chi connectivity index (χ1) is 12.2. The van der Waals surface area contributed by atoms with Gasteiger partial charge in [0.25, 0.3) is 0 Å². The third-order valence-electron chi connectivity index (χ3n) is 4.98. The zero-order chi connectivity index (χ0) is 17.2. The van der Waals surface area contributed by atoms with Crippen LogP contribution in [0.1, 0.15) is 35.8 Å². The number of fused-ring (bicyclic) bond motifs is 2. The Labute approximate surface area is 147 Å². The lowest BCUT2D eigenvalue weighted by Crippen LogP contribution is -2.39. The Morgan fingerprint density at radius 1 is 1.20 bits per heavy atom. The largest absolute Gasteiger partial charge is 0.469 e. The van der Waals surface area contributed by atoms with Gasteiger partial charge in [-0.15, -0.1) is 0 Å². The molecule has 0 fully saturated rings. The molecule has 0 saturated heterocycles. The number of nitrogens with one attached hydrogen (secondary N) is 1. The van der Waals surface area contributed by atoms with Gasteiger partial charge in [-0.3, -0.25) is 0 Å². The van der Waals surface area contributed by atoms with Crippen molar-refractivity contribution in [2.45, 2.75) is 31.8 Å². The minimum absolute atomic E-state index is 0.0463. The van der Waals surface area contributed by atoms with Gasteiger partial charge in [0.1, 0.15) is 5.76 Å². The molecule has 1 unspecified atom stereocenters. The van der Waals surface area contributed by atoms with E-state index in [0.29, 0.717) is 6.54 Å². The van der Waals surface area contributed by atoms with Crippen LogP contribution in [-0.4, -0.2) is 18.0 Å². The van der Waals surface area contributed by atoms with Crippen LogP contribution in [0.3, 0.4) is 0 Å². The number of carbonyl (C=O) groups is 1. The van der Waals surface area contributed by atoms with Crippen LogP contribution in [0.25, 0.3) is 10.8 Å². The molecule has 0 bridgehead atoms. The highest BCUT2D eigenvalue weighted by molar-refractivity contribution is 5.86. The minimum Gasteiger partial charge on any atom is -0.469 e. The van der Waals surface area contributed by atoms with Crippen LogP contribution >= 0.6 is 0 Å². The number of benzene rings is 2. The smallest absolute Gasteiger partial charge is 0.317 e. The van der Waals surface area contributed by atoms with Crippen LogP contribution in [0.4, 0.5) is 4.79 Å². The lowest BCUT2D eigenvalue weighted by atomic mass is 9.93. The van der Waals surface area contributed by atoms with E-state index in [9.17, 15) is 4.79 Å². The topological polar surface area (TPSA) is 45.5 Å². The molecule has 1 atom stereocenters. The van der Waals surface area contributed by atoms with Gasteiger partial charge in [-0.1, -0.05) is 42.5 Å². The summed E-state index contributed by atoms with van der Waals surface area (Å²) < 4.78 is 5.51. The van der Waals surface area contributed by atoms with Crippen molar-refractivity contribution in [2.75, 3.05) is 7.05 Å². The summed E-state index contributed by atoms with van der Waals surface area (Å²) in [5.74, 6) is 1.01. The number of furan rings is 1. The van der Waals surface area contributed by atoms with E-state index in [-0.39, 0.29) is 12.1 Å². The summed E-state index contributed by atoms with van der Waals surface area (Å²) in [6, 6.07) is 16.5. The van der Waals surface area contributed by atoms with E-state index >= 15 is 0 Å². The lowest BCUT2D eigenvalue weighted by Gasteiger charge is -2.26. The summed E-state index contributed by atoms with van der Waals surface area (Å²) in [6.07, 6.45) is 4.67. The predicted octanol–water partition coefficient (Wildman–Crippen LogP) is 4.65. The second-order valence-corrected chi connectivity index (χ2v) is 6.69. The van der Waals surface area contributed by atoms with Gasteiger partial charge < -0.3 is 14.6 Å². The summed E-state index contributed by atoms with van der Waals surface area (Å²) in [5.41, 5.74) is 2.28. The standard InChI is InChI=1S/C21H22N2O2/c1-23(14-16-8-4-7-15-6-2-3-9-17(15)16)21(24)22-19-10-5-11-20-18(19)12-13-25-20/h2-4,6-9,12-13,19H,5,10-11,14H2,1H3,(H,22,24). The van der Waals surface area contributed by atoms with Crippen molar-refractivity contribution in [2.24, 2.45) is 0 Å². The number of carbonyl (C=O) groups excluding carboxylic acids is 1. The summed E-state index contributed by atoms with van der Waals surface area (Å²) >= 11 is 0. The van der Waals surface area contributed by atoms with Gasteiger partial charge in [-0.25, -0.2) is 4.79 Å². The number of rotatable bonds is 3. The second-order valence-electron chi connectivity index (χ2n) is 6.69. The van der Waals surface area contributed by atoms with Crippen molar-refractivity contribution in [3.63, 3.8) is 0 Å². The van der Waals surface area contributed by atoms with Crippen LogP contribution < -0.4 is 5.32 Å². The molecule has 1 aliphatic carbocycles. The molecular weight excluding hydrogens is 312 g/mol. The molecule has 1 aliphatic rings. The number of hydrogen-bond donors (Lipinski definition) is 1. The number of aryl methyl sites for hydroxylation is 1. The van der Waals surface area contributed by atoms with Crippen LogP contribution in [-0.2, 0) is 13.0 Å². The average Bonchev–Trinajstić information content (AvgIpc) is 3.12. The highest BCUT2D eigenvalue weighted by Gasteiger charge is 2.25. The molecule has 4 rings (SSSR count). The Bertz CT molecular complexity index is 894. The Hall–Kier alpha value is -2.75. The normalized spacial score (nSPS) is 16.4. The first-order valence-electron chi connectivity index (χ1n) is 8.77. The summed E-state index contributed by atoms with van der Waals surface area (Å²) in [4.78, 5) is 14.4. The fourth-order valence-corrected chi connectivity index (χ4v) is 3.65. The molecule has 0 saturated carbocycles. The average molecular weight is 334 g/mol. The van der Waals surface area contributed by atoms with E-state index in [1.165, 1.54) is 10.8 Å². The maximum absolute atomic E-state index is 12.7. The Morgan fingerprint density at radius 3 is 2.96 bits per heavy atom. The molecule has 4 heteroatoms. The highest BCUT2D eigenvalue weighted by atomic mass is 16.3. The molecule has 4 nitrogen and oxygen atoms in total. The van der Waals surface area contributed by atoms with Crippen molar-refractivity contribution in [1.82, 2.24) is 10.2 Å². The molecule has 0 aliphatic heterocycles. The monoisotopic (exact) mass is 334 g/mol. The summed E-state index contributed by atoms with van der Waals surface area (Å²) in [6.45, 7) is 0.581. The number of amides is 2. The van der Waals surface area contributed by atoms with E-state index in [1.54, 1.807) is 11.2 Å². The van der Waals surface area contributed by atoms with E-state index in [4.69, 9.17) is 4.42 Å². The van der Waals surface area contributed by atoms with Gasteiger partial charge in [0.15, 0.2) is 0 Å². The molecule has 3 aromatic rings. The summed E-state index contributed by atoms with van der Waals surface area (Å²) in [7, 11) is 1.84. The predicted molar refractivity (Wildman–Crippen MR) is 98.3 cm³/mol. The van der Waals surface area contributed by atoms with Gasteiger partial charge in [0.05, 0.1) is 12.3 Å². The molecular formula is C21H22N2O2. The van der Waals surface area contributed by atoms with Gasteiger partial charge in [-0.2, -0.15) is 0 Å². The van der Waals surface area contributed by atoms with Gasteiger partial charge in [-0.05, 0) is 35.2 Å². The highest BCUT2D eigenvalue weighted by Crippen LogP contribution is 2.30. The van der Waals surface area contributed by atoms with Crippen molar-refractivity contribution in [3.8, 4) is 0 Å². The first-order valence-corrected chi connectivity index (χ1v) is 8.77. The van der Waals surface area contributed by atoms with Gasteiger partial charge >= 0.3 is 6.03 Å². The van der Waals surface area contributed by atoms with E-state index in [0.717, 1.165) is 36.1 Å². The Kier molecular flexibility index (Phi) is 4.18. The van der Waals surface area contributed by atoms with Crippen molar-refractivity contribution < 1.29 is 9.21 Å². The number of nitrogens with zero attached hydrogens (tertiary/aromatic N) is 1. The van der Waals surface area contributed by atoms with Crippen molar-refractivity contribution in [3.05, 3.63) is 71.7 Å². The molecule has 1 N–H and O–H groups in total. The number of urea groups is 1. The molecule has 1 aromatic heterocycles. The SMILES string of the molecule is CN(Cc1cccc2ccccc12)C(=O)NC1CCCc2occc21. The van der Waals surface area contributed by atoms with Crippen molar-refractivity contribution in [1.29, 1.82) is 0 Å². The van der Waals surface area contributed by atoms with Crippen LogP contribution in [0, 0.1) is 0 Å². The Morgan fingerprint density at radius 2 is 2.04 bits per heavy atom. The van der Waals surface area contributed by atoms with Crippen LogP contribution in [0.15, 0.2) is 59.2 Å². The molecule has 1 heterocycles. The zero-order valence-corrected chi connectivity index (χ0v) is 14.4. The molecule has 2 aromatic carbocycles. The maximum Gasteiger partial charge on any atom is 0.317 e. The summed E-state index contributed by atoms with van der Waals surface area (Å²) in [5, 5.41) is 5.55. The zero-order valence-electron chi connectivity index (χ0n) is 14.4. The molecule has 0 radical (unpaired) electrons. The maximum atomic E-state index is 12.7. The quantitative estimate of drug-likeness (QED) is 0.757. The fourth-order valence-electron chi connectivity index (χ4n) is 3.65. The second kappa shape index (κ2) is 6.63. The van der Waals surface area contributed by atoms with E-state index in [2.05, 4.69) is 29.6 Å². The minimum atomic E-state index is -0.0491. The van der Waals surface area contributed by atoms with Crippen molar-refractivity contribution >= 4 is 16.8 Å². The third kappa shape index (κ3) is 3.12. The fraction of sp³-hybridized carbons (Fsp3) is 0.286. The van der Waals surface area contributed by atoms with Crippen LogP contribution in [0.5, 0.6) is 0 Å².